The van der Waals surface area contributed by atoms with Crippen molar-refractivity contribution < 1.29 is 4.79 Å². The van der Waals surface area contributed by atoms with E-state index >= 15 is 0 Å². The summed E-state index contributed by atoms with van der Waals surface area (Å²) in [5.74, 6) is -0.335. The fourth-order valence-electron chi connectivity index (χ4n) is 2.24. The lowest BCUT2D eigenvalue weighted by atomic mass is 10.2. The normalized spacial score (nSPS) is 13.1. The second kappa shape index (κ2) is 4.56. The third kappa shape index (κ3) is 1.94. The van der Waals surface area contributed by atoms with Crippen molar-refractivity contribution in [2.75, 3.05) is 0 Å². The Kier molecular flexibility index (Phi) is 3.25. The van der Waals surface area contributed by atoms with Crippen molar-refractivity contribution in [3.8, 4) is 0 Å². The van der Waals surface area contributed by atoms with Gasteiger partial charge >= 0.3 is 0 Å². The number of hydrogen-bond acceptors (Lipinski definition) is 3. The highest BCUT2D eigenvalue weighted by atomic mass is 32.1. The predicted molar refractivity (Wildman–Crippen MR) is 71.8 cm³/mol. The first-order chi connectivity index (χ1) is 8.45. The second-order valence-corrected chi connectivity index (χ2v) is 4.81. The van der Waals surface area contributed by atoms with E-state index in [1.807, 2.05) is 30.0 Å². The molecule has 2 aromatic rings. The van der Waals surface area contributed by atoms with E-state index < -0.39 is 0 Å². The molecule has 0 saturated carbocycles. The number of imidazole rings is 1. The SMILES string of the molecule is CCn1nc(C)c2[nH]c(=S)n(C(C)CC(N)=O)c21. The summed E-state index contributed by atoms with van der Waals surface area (Å²) < 4.78 is 4.40. The minimum Gasteiger partial charge on any atom is -0.370 e. The van der Waals surface area contributed by atoms with E-state index in [9.17, 15) is 4.79 Å². The number of carbonyl (C=O) groups excluding carboxylic acids is 1. The molecule has 0 aliphatic heterocycles. The van der Waals surface area contributed by atoms with Crippen molar-refractivity contribution in [1.82, 2.24) is 19.3 Å². The van der Waals surface area contributed by atoms with Gasteiger partial charge in [-0.3, -0.25) is 9.36 Å². The third-order valence-corrected chi connectivity index (χ3v) is 3.32. The van der Waals surface area contributed by atoms with Crippen LogP contribution in [-0.2, 0) is 11.3 Å². The first kappa shape index (κ1) is 12.8. The number of carbonyl (C=O) groups is 1. The molecule has 1 unspecified atom stereocenters. The van der Waals surface area contributed by atoms with Gasteiger partial charge in [0.05, 0.1) is 5.69 Å². The van der Waals surface area contributed by atoms with Gasteiger partial charge in [0.15, 0.2) is 10.4 Å². The van der Waals surface area contributed by atoms with Gasteiger partial charge in [-0.15, -0.1) is 0 Å². The largest absolute Gasteiger partial charge is 0.370 e. The molecule has 0 bridgehead atoms. The number of amides is 1. The maximum atomic E-state index is 11.1. The first-order valence-corrected chi connectivity index (χ1v) is 6.32. The number of aromatic amines is 1. The fourth-order valence-corrected chi connectivity index (χ4v) is 2.60. The Morgan fingerprint density at radius 2 is 2.28 bits per heavy atom. The van der Waals surface area contributed by atoms with Crippen molar-refractivity contribution in [1.29, 1.82) is 0 Å². The third-order valence-electron chi connectivity index (χ3n) is 3.02. The molecule has 0 saturated heterocycles. The van der Waals surface area contributed by atoms with Gasteiger partial charge in [-0.1, -0.05) is 0 Å². The average Bonchev–Trinajstić information content (AvgIpc) is 2.75. The molecule has 0 spiro atoms. The molecular formula is C11H17N5OS. The van der Waals surface area contributed by atoms with Crippen molar-refractivity contribution in [3.05, 3.63) is 10.5 Å². The summed E-state index contributed by atoms with van der Waals surface area (Å²) in [6, 6.07) is -0.0786. The zero-order chi connectivity index (χ0) is 13.4. The molecule has 0 aliphatic carbocycles. The Labute approximate surface area is 110 Å². The van der Waals surface area contributed by atoms with Crippen LogP contribution in [0.1, 0.15) is 32.0 Å². The van der Waals surface area contributed by atoms with Crippen LogP contribution in [0.15, 0.2) is 0 Å². The summed E-state index contributed by atoms with van der Waals surface area (Å²) in [6.45, 7) is 6.63. The Morgan fingerprint density at radius 3 is 2.83 bits per heavy atom. The van der Waals surface area contributed by atoms with Crippen LogP contribution in [-0.4, -0.2) is 25.2 Å². The molecule has 98 valence electrons. The molecule has 0 aliphatic rings. The molecule has 3 N–H and O–H groups in total. The Morgan fingerprint density at radius 1 is 1.61 bits per heavy atom. The molecule has 7 heteroatoms. The number of aromatic nitrogens is 4. The van der Waals surface area contributed by atoms with E-state index in [1.54, 1.807) is 0 Å². The minimum atomic E-state index is -0.335. The van der Waals surface area contributed by atoms with Crippen molar-refractivity contribution >= 4 is 29.3 Å². The Balaban J connectivity index is 2.65. The molecular weight excluding hydrogens is 250 g/mol. The maximum Gasteiger partial charge on any atom is 0.219 e. The van der Waals surface area contributed by atoms with Gasteiger partial charge in [-0.2, -0.15) is 5.10 Å². The maximum absolute atomic E-state index is 11.1. The molecule has 0 radical (unpaired) electrons. The number of aryl methyl sites for hydroxylation is 2. The molecule has 2 aromatic heterocycles. The van der Waals surface area contributed by atoms with Crippen LogP contribution >= 0.6 is 12.2 Å². The number of nitrogens with zero attached hydrogens (tertiary/aromatic N) is 3. The zero-order valence-corrected chi connectivity index (χ0v) is 11.5. The van der Waals surface area contributed by atoms with Crippen LogP contribution in [0.25, 0.3) is 11.2 Å². The second-order valence-electron chi connectivity index (χ2n) is 4.42. The quantitative estimate of drug-likeness (QED) is 0.827. The summed E-state index contributed by atoms with van der Waals surface area (Å²) in [5.41, 5.74) is 8.01. The lowest BCUT2D eigenvalue weighted by molar-refractivity contribution is -0.118. The highest BCUT2D eigenvalue weighted by Gasteiger charge is 2.18. The van der Waals surface area contributed by atoms with Crippen molar-refractivity contribution in [3.63, 3.8) is 0 Å². The number of nitrogens with one attached hydrogen (secondary N) is 1. The van der Waals surface area contributed by atoms with Crippen LogP contribution in [0.3, 0.4) is 0 Å². The van der Waals surface area contributed by atoms with Crippen molar-refractivity contribution in [2.45, 2.75) is 39.8 Å². The van der Waals surface area contributed by atoms with Crippen molar-refractivity contribution in [2.24, 2.45) is 5.73 Å². The van der Waals surface area contributed by atoms with Crippen LogP contribution < -0.4 is 5.73 Å². The zero-order valence-electron chi connectivity index (χ0n) is 10.7. The highest BCUT2D eigenvalue weighted by Crippen LogP contribution is 2.23. The van der Waals surface area contributed by atoms with E-state index in [4.69, 9.17) is 18.0 Å². The fraction of sp³-hybridized carbons (Fsp3) is 0.545. The lowest BCUT2D eigenvalue weighted by Gasteiger charge is -2.13. The van der Waals surface area contributed by atoms with Gasteiger partial charge in [0.1, 0.15) is 5.52 Å². The van der Waals surface area contributed by atoms with E-state index in [1.165, 1.54) is 0 Å². The number of fused-ring (bicyclic) bond motifs is 1. The summed E-state index contributed by atoms with van der Waals surface area (Å²) >= 11 is 5.32. The van der Waals surface area contributed by atoms with E-state index in [-0.39, 0.29) is 18.4 Å². The number of rotatable bonds is 4. The number of H-pyrrole nitrogens is 1. The van der Waals surface area contributed by atoms with Gasteiger partial charge in [-0.05, 0) is 33.0 Å². The number of nitrogens with two attached hydrogens (primary N) is 1. The minimum absolute atomic E-state index is 0.0786. The van der Waals surface area contributed by atoms with E-state index in [0.717, 1.165) is 23.4 Å². The van der Waals surface area contributed by atoms with Gasteiger partial charge in [0.2, 0.25) is 5.91 Å². The average molecular weight is 267 g/mol. The highest BCUT2D eigenvalue weighted by molar-refractivity contribution is 7.71. The van der Waals surface area contributed by atoms with Gasteiger partial charge in [0, 0.05) is 19.0 Å². The Hall–Kier alpha value is -1.63. The van der Waals surface area contributed by atoms with Crippen LogP contribution in [0.5, 0.6) is 0 Å². The van der Waals surface area contributed by atoms with Gasteiger partial charge in [0.25, 0.3) is 0 Å². The monoisotopic (exact) mass is 267 g/mol. The topological polar surface area (TPSA) is 81.6 Å². The van der Waals surface area contributed by atoms with Crippen LogP contribution in [0.4, 0.5) is 0 Å². The Bertz CT molecular complexity index is 650. The molecule has 1 amide bonds. The molecule has 1 atom stereocenters. The summed E-state index contributed by atoms with van der Waals surface area (Å²) in [4.78, 5) is 14.2. The smallest absolute Gasteiger partial charge is 0.219 e. The van der Waals surface area contributed by atoms with E-state index in [2.05, 4.69) is 10.1 Å². The molecule has 6 nitrogen and oxygen atoms in total. The van der Waals surface area contributed by atoms with Gasteiger partial charge < -0.3 is 10.7 Å². The number of primary amides is 1. The standard InChI is InChI=1S/C11H17N5OS/c1-4-15-10-9(7(3)14-15)13-11(18)16(10)6(2)5-8(12)17/h6H,4-5H2,1-3H3,(H2,12,17)(H,13,18). The molecule has 18 heavy (non-hydrogen) atoms. The van der Waals surface area contributed by atoms with Gasteiger partial charge in [-0.25, -0.2) is 4.68 Å². The van der Waals surface area contributed by atoms with Crippen LogP contribution in [0.2, 0.25) is 0 Å². The van der Waals surface area contributed by atoms with E-state index in [0.29, 0.717) is 4.77 Å². The summed E-state index contributed by atoms with van der Waals surface area (Å²) in [5, 5.41) is 4.43. The molecule has 2 heterocycles. The molecule has 0 fully saturated rings. The summed E-state index contributed by atoms with van der Waals surface area (Å²) in [6.07, 6.45) is 0.259. The molecule has 0 aromatic carbocycles. The molecule has 2 rings (SSSR count). The number of hydrogen-bond donors (Lipinski definition) is 2. The predicted octanol–water partition coefficient (Wildman–Crippen LogP) is 1.66. The lowest BCUT2D eigenvalue weighted by Crippen LogP contribution is -2.18. The van der Waals surface area contributed by atoms with Crippen LogP contribution in [0, 0.1) is 11.7 Å². The summed E-state index contributed by atoms with van der Waals surface area (Å²) in [7, 11) is 0. The first-order valence-electron chi connectivity index (χ1n) is 5.91.